The summed E-state index contributed by atoms with van der Waals surface area (Å²) >= 11 is 0. The van der Waals surface area contributed by atoms with Crippen LogP contribution < -0.4 is 0 Å². The fourth-order valence-corrected chi connectivity index (χ4v) is 4.08. The van der Waals surface area contributed by atoms with E-state index >= 15 is 0 Å². The van der Waals surface area contributed by atoms with Crippen molar-refractivity contribution in [3.8, 4) is 0 Å². The molecule has 25 heavy (non-hydrogen) atoms. The maximum atomic E-state index is 13.3. The van der Waals surface area contributed by atoms with Gasteiger partial charge in [-0.05, 0) is 37.1 Å². The predicted octanol–water partition coefficient (Wildman–Crippen LogP) is 3.25. The molecule has 128 valence electrons. The number of rotatable bonds is 4. The fraction of sp³-hybridized carbons (Fsp3) is 0.318. The molecule has 3 nitrogen and oxygen atoms in total. The van der Waals surface area contributed by atoms with E-state index in [2.05, 4.69) is 4.90 Å². The zero-order valence-electron chi connectivity index (χ0n) is 14.3. The van der Waals surface area contributed by atoms with Crippen LogP contribution in [-0.4, -0.2) is 35.4 Å². The number of likely N-dealkylation sites (tertiary alicyclic amines) is 1. The summed E-state index contributed by atoms with van der Waals surface area (Å²) in [5.41, 5.74) is 0.725. The van der Waals surface area contributed by atoms with Crippen molar-refractivity contribution in [3.05, 3.63) is 77.9 Å². The molecule has 3 heteroatoms. The predicted molar refractivity (Wildman–Crippen MR) is 98.9 cm³/mol. The van der Waals surface area contributed by atoms with Gasteiger partial charge in [0.2, 0.25) is 0 Å². The molecule has 2 atom stereocenters. The van der Waals surface area contributed by atoms with Gasteiger partial charge in [0.1, 0.15) is 0 Å². The molecule has 0 amide bonds. The number of benzene rings is 2. The van der Waals surface area contributed by atoms with E-state index < -0.39 is 5.60 Å². The molecule has 1 aliphatic carbocycles. The van der Waals surface area contributed by atoms with E-state index in [0.717, 1.165) is 18.7 Å². The van der Waals surface area contributed by atoms with Crippen LogP contribution in [0.5, 0.6) is 0 Å². The van der Waals surface area contributed by atoms with Crippen LogP contribution in [0.2, 0.25) is 0 Å². The van der Waals surface area contributed by atoms with Crippen molar-refractivity contribution in [3.63, 3.8) is 0 Å². The SMILES string of the molecule is O=C1C(c2ccccc2)=C[C@H](CN2CCCC2)[C@]1(O)c1ccccc1. The largest absolute Gasteiger partial charge is 0.376 e. The Kier molecular flexibility index (Phi) is 4.28. The molecule has 1 heterocycles. The Morgan fingerprint density at radius 2 is 1.56 bits per heavy atom. The number of aliphatic hydroxyl groups is 1. The van der Waals surface area contributed by atoms with Gasteiger partial charge in [0.05, 0.1) is 0 Å². The Morgan fingerprint density at radius 3 is 2.20 bits per heavy atom. The molecular formula is C22H23NO2. The van der Waals surface area contributed by atoms with Crippen molar-refractivity contribution in [2.75, 3.05) is 19.6 Å². The lowest BCUT2D eigenvalue weighted by Gasteiger charge is -2.32. The quantitative estimate of drug-likeness (QED) is 0.934. The molecule has 1 fully saturated rings. The summed E-state index contributed by atoms with van der Waals surface area (Å²) in [5, 5.41) is 11.6. The van der Waals surface area contributed by atoms with Gasteiger partial charge in [-0.25, -0.2) is 0 Å². The standard InChI is InChI=1S/C22H23NO2/c24-21-20(17-9-3-1-4-10-17)15-19(16-23-13-7-8-14-23)22(21,25)18-11-5-2-6-12-18/h1-6,9-12,15,19,25H,7-8,13-14,16H2/t19-,22-/m1/s1. The number of ketones is 1. The minimum absolute atomic E-state index is 0.186. The highest BCUT2D eigenvalue weighted by Gasteiger charge is 2.51. The molecule has 0 aromatic heterocycles. The lowest BCUT2D eigenvalue weighted by atomic mass is 9.81. The van der Waals surface area contributed by atoms with Crippen LogP contribution in [0, 0.1) is 5.92 Å². The highest BCUT2D eigenvalue weighted by atomic mass is 16.3. The first-order valence-corrected chi connectivity index (χ1v) is 9.02. The van der Waals surface area contributed by atoms with Gasteiger partial charge in [-0.15, -0.1) is 0 Å². The number of carbonyl (C=O) groups is 1. The van der Waals surface area contributed by atoms with Crippen molar-refractivity contribution in [1.82, 2.24) is 4.90 Å². The van der Waals surface area contributed by atoms with E-state index in [1.807, 2.05) is 66.7 Å². The van der Waals surface area contributed by atoms with Crippen LogP contribution in [0.25, 0.3) is 5.57 Å². The summed E-state index contributed by atoms with van der Waals surface area (Å²) < 4.78 is 0. The third-order valence-electron chi connectivity index (χ3n) is 5.45. The van der Waals surface area contributed by atoms with E-state index in [-0.39, 0.29) is 11.7 Å². The van der Waals surface area contributed by atoms with E-state index in [1.165, 1.54) is 12.8 Å². The van der Waals surface area contributed by atoms with Crippen molar-refractivity contribution in [1.29, 1.82) is 0 Å². The molecule has 0 spiro atoms. The second-order valence-corrected chi connectivity index (χ2v) is 7.02. The van der Waals surface area contributed by atoms with E-state index in [9.17, 15) is 9.90 Å². The van der Waals surface area contributed by atoms with Gasteiger partial charge in [0.25, 0.3) is 0 Å². The molecule has 1 saturated heterocycles. The van der Waals surface area contributed by atoms with Crippen LogP contribution in [-0.2, 0) is 10.4 Å². The lowest BCUT2D eigenvalue weighted by Crippen LogP contribution is -2.43. The van der Waals surface area contributed by atoms with Gasteiger partial charge < -0.3 is 10.0 Å². The zero-order chi connectivity index (χ0) is 17.3. The van der Waals surface area contributed by atoms with Crippen molar-refractivity contribution < 1.29 is 9.90 Å². The molecule has 2 aromatic carbocycles. The third kappa shape index (κ3) is 2.84. The molecular weight excluding hydrogens is 310 g/mol. The van der Waals surface area contributed by atoms with E-state index in [0.29, 0.717) is 17.7 Å². The summed E-state index contributed by atoms with van der Waals surface area (Å²) in [6.07, 6.45) is 4.38. The first-order valence-electron chi connectivity index (χ1n) is 9.02. The average Bonchev–Trinajstić information content (AvgIpc) is 3.26. The summed E-state index contributed by atoms with van der Waals surface area (Å²) in [6, 6.07) is 19.1. The minimum Gasteiger partial charge on any atom is -0.376 e. The second-order valence-electron chi connectivity index (χ2n) is 7.02. The molecule has 0 saturated carbocycles. The number of Topliss-reactive ketones (excluding diaryl/α,β-unsaturated/α-hetero) is 1. The molecule has 2 aliphatic rings. The first-order chi connectivity index (χ1) is 12.2. The highest BCUT2D eigenvalue weighted by Crippen LogP contribution is 2.43. The normalized spacial score (nSPS) is 26.8. The molecule has 0 radical (unpaired) electrons. The summed E-state index contributed by atoms with van der Waals surface area (Å²) in [6.45, 7) is 2.81. The Hall–Kier alpha value is -2.23. The summed E-state index contributed by atoms with van der Waals surface area (Å²) in [5.74, 6) is -0.412. The van der Waals surface area contributed by atoms with E-state index in [1.54, 1.807) is 0 Å². The van der Waals surface area contributed by atoms with Crippen molar-refractivity contribution >= 4 is 11.4 Å². The highest BCUT2D eigenvalue weighted by molar-refractivity contribution is 6.27. The molecule has 0 bridgehead atoms. The van der Waals surface area contributed by atoms with Gasteiger partial charge in [-0.1, -0.05) is 66.7 Å². The number of nitrogens with zero attached hydrogens (tertiary/aromatic N) is 1. The molecule has 1 aliphatic heterocycles. The number of hydrogen-bond donors (Lipinski definition) is 1. The summed E-state index contributed by atoms with van der Waals surface area (Å²) in [7, 11) is 0. The van der Waals surface area contributed by atoms with Gasteiger partial charge in [-0.3, -0.25) is 4.79 Å². The topological polar surface area (TPSA) is 40.5 Å². The Labute approximate surface area is 148 Å². The Balaban J connectivity index is 1.75. The average molecular weight is 333 g/mol. The van der Waals surface area contributed by atoms with Crippen LogP contribution in [0.1, 0.15) is 24.0 Å². The maximum Gasteiger partial charge on any atom is 0.199 e. The van der Waals surface area contributed by atoms with Gasteiger partial charge >= 0.3 is 0 Å². The molecule has 0 unspecified atom stereocenters. The molecule has 2 aromatic rings. The second kappa shape index (κ2) is 6.58. The lowest BCUT2D eigenvalue weighted by molar-refractivity contribution is -0.135. The maximum absolute atomic E-state index is 13.3. The zero-order valence-corrected chi connectivity index (χ0v) is 14.3. The Bertz CT molecular complexity index is 778. The number of carbonyl (C=O) groups excluding carboxylic acids is 1. The van der Waals surface area contributed by atoms with Crippen LogP contribution in [0.4, 0.5) is 0 Å². The minimum atomic E-state index is -1.48. The van der Waals surface area contributed by atoms with Gasteiger partial charge in [-0.2, -0.15) is 0 Å². The van der Waals surface area contributed by atoms with Crippen LogP contribution >= 0.6 is 0 Å². The number of hydrogen-bond acceptors (Lipinski definition) is 3. The monoisotopic (exact) mass is 333 g/mol. The fourth-order valence-electron chi connectivity index (χ4n) is 4.08. The Morgan fingerprint density at radius 1 is 0.960 bits per heavy atom. The van der Waals surface area contributed by atoms with Gasteiger partial charge in [0, 0.05) is 18.0 Å². The van der Waals surface area contributed by atoms with Crippen molar-refractivity contribution in [2.24, 2.45) is 5.92 Å². The van der Waals surface area contributed by atoms with Crippen LogP contribution in [0.3, 0.4) is 0 Å². The van der Waals surface area contributed by atoms with E-state index in [4.69, 9.17) is 0 Å². The first kappa shape index (κ1) is 16.2. The molecule has 4 rings (SSSR count). The van der Waals surface area contributed by atoms with Gasteiger partial charge in [0.15, 0.2) is 11.4 Å². The third-order valence-corrected chi connectivity index (χ3v) is 5.45. The summed E-state index contributed by atoms with van der Waals surface area (Å²) in [4.78, 5) is 15.6. The molecule has 1 N–H and O–H groups in total. The smallest absolute Gasteiger partial charge is 0.199 e. The van der Waals surface area contributed by atoms with Crippen molar-refractivity contribution in [2.45, 2.75) is 18.4 Å². The van der Waals surface area contributed by atoms with Crippen LogP contribution in [0.15, 0.2) is 66.7 Å².